The number of rotatable bonds is 3. The van der Waals surface area contributed by atoms with Gasteiger partial charge in [-0.25, -0.2) is 0 Å². The predicted molar refractivity (Wildman–Crippen MR) is 54.8 cm³/mol. The highest BCUT2D eigenvalue weighted by molar-refractivity contribution is 5.16. The number of aromatic nitrogens is 1. The lowest BCUT2D eigenvalue weighted by Crippen LogP contribution is -2.35. The maximum atomic E-state index is 5.53. The lowest BCUT2D eigenvalue weighted by Gasteiger charge is -2.25. The average Bonchev–Trinajstić information content (AvgIpc) is 2.67. The van der Waals surface area contributed by atoms with Crippen molar-refractivity contribution in [1.29, 1.82) is 0 Å². The van der Waals surface area contributed by atoms with Crippen LogP contribution in [0.25, 0.3) is 0 Å². The molecule has 0 amide bonds. The Balaban J connectivity index is 1.89. The summed E-state index contributed by atoms with van der Waals surface area (Å²) in [6.07, 6.45) is 2.04. The fourth-order valence-corrected chi connectivity index (χ4v) is 1.72. The van der Waals surface area contributed by atoms with E-state index in [0.29, 0.717) is 6.54 Å². The maximum Gasteiger partial charge on any atom is 0.0594 e. The van der Waals surface area contributed by atoms with E-state index in [1.165, 1.54) is 5.56 Å². The highest BCUT2D eigenvalue weighted by atomic mass is 16.5. The van der Waals surface area contributed by atoms with E-state index in [9.17, 15) is 0 Å². The van der Waals surface area contributed by atoms with Crippen LogP contribution in [-0.4, -0.2) is 36.2 Å². The number of nitrogens with two attached hydrogens (primary N) is 1. The molecular weight excluding hydrogens is 178 g/mol. The van der Waals surface area contributed by atoms with Crippen molar-refractivity contribution in [2.45, 2.75) is 13.1 Å². The number of ether oxygens (including phenoxy) is 1. The number of hydrogen-bond donors (Lipinski definition) is 2. The van der Waals surface area contributed by atoms with E-state index >= 15 is 0 Å². The molecule has 0 unspecified atom stereocenters. The summed E-state index contributed by atoms with van der Waals surface area (Å²) in [5.74, 6) is 0. The molecule has 3 N–H and O–H groups in total. The van der Waals surface area contributed by atoms with Gasteiger partial charge in [-0.15, -0.1) is 0 Å². The molecule has 0 spiro atoms. The van der Waals surface area contributed by atoms with Gasteiger partial charge in [0.1, 0.15) is 0 Å². The minimum absolute atomic E-state index is 0.586. The first kappa shape index (κ1) is 9.71. The molecule has 78 valence electrons. The largest absolute Gasteiger partial charge is 0.379 e. The van der Waals surface area contributed by atoms with Crippen LogP contribution in [0.15, 0.2) is 12.3 Å². The molecule has 0 atom stereocenters. The van der Waals surface area contributed by atoms with E-state index in [1.807, 2.05) is 6.20 Å². The van der Waals surface area contributed by atoms with E-state index in [-0.39, 0.29) is 0 Å². The molecule has 1 aliphatic heterocycles. The third-order valence-corrected chi connectivity index (χ3v) is 2.53. The third kappa shape index (κ3) is 2.35. The first-order chi connectivity index (χ1) is 6.88. The van der Waals surface area contributed by atoms with Crippen LogP contribution < -0.4 is 5.73 Å². The standard InChI is InChI=1S/C10H17N3O/c11-6-10-5-9(7-12-10)8-13-1-3-14-4-2-13/h5,7,12H,1-4,6,8,11H2. The van der Waals surface area contributed by atoms with E-state index in [1.54, 1.807) is 0 Å². The van der Waals surface area contributed by atoms with Crippen LogP contribution in [0.3, 0.4) is 0 Å². The second kappa shape index (κ2) is 4.59. The van der Waals surface area contributed by atoms with Crippen LogP contribution in [-0.2, 0) is 17.8 Å². The van der Waals surface area contributed by atoms with Crippen LogP contribution >= 0.6 is 0 Å². The number of morpholine rings is 1. The van der Waals surface area contributed by atoms with Crippen molar-refractivity contribution in [3.8, 4) is 0 Å². The Morgan fingerprint density at radius 3 is 2.86 bits per heavy atom. The normalized spacial score (nSPS) is 18.6. The molecule has 1 aromatic heterocycles. The third-order valence-electron chi connectivity index (χ3n) is 2.53. The van der Waals surface area contributed by atoms with Gasteiger partial charge in [0, 0.05) is 38.1 Å². The van der Waals surface area contributed by atoms with Gasteiger partial charge >= 0.3 is 0 Å². The predicted octanol–water partition coefficient (Wildman–Crippen LogP) is 0.306. The SMILES string of the molecule is NCc1cc(CN2CCOCC2)c[nH]1. The first-order valence-corrected chi connectivity index (χ1v) is 5.05. The molecule has 0 aromatic carbocycles. The lowest BCUT2D eigenvalue weighted by atomic mass is 10.2. The fraction of sp³-hybridized carbons (Fsp3) is 0.600. The van der Waals surface area contributed by atoms with E-state index in [0.717, 1.165) is 38.5 Å². The molecule has 1 fully saturated rings. The zero-order valence-electron chi connectivity index (χ0n) is 8.33. The topological polar surface area (TPSA) is 54.3 Å². The molecule has 1 saturated heterocycles. The average molecular weight is 195 g/mol. The summed E-state index contributed by atoms with van der Waals surface area (Å²) in [5, 5.41) is 0. The summed E-state index contributed by atoms with van der Waals surface area (Å²) in [7, 11) is 0. The lowest BCUT2D eigenvalue weighted by molar-refractivity contribution is 0.0342. The molecule has 0 aliphatic carbocycles. The highest BCUT2D eigenvalue weighted by Gasteiger charge is 2.10. The van der Waals surface area contributed by atoms with Gasteiger partial charge in [0.05, 0.1) is 13.2 Å². The van der Waals surface area contributed by atoms with Gasteiger partial charge in [-0.05, 0) is 11.6 Å². The van der Waals surface area contributed by atoms with Crippen LogP contribution in [0.5, 0.6) is 0 Å². The zero-order chi connectivity index (χ0) is 9.80. The molecule has 1 aromatic rings. The smallest absolute Gasteiger partial charge is 0.0594 e. The first-order valence-electron chi connectivity index (χ1n) is 5.05. The number of H-pyrrole nitrogens is 1. The highest BCUT2D eigenvalue weighted by Crippen LogP contribution is 2.08. The molecule has 4 heteroatoms. The number of nitrogens with one attached hydrogen (secondary N) is 1. The molecule has 14 heavy (non-hydrogen) atoms. The van der Waals surface area contributed by atoms with Crippen molar-refractivity contribution >= 4 is 0 Å². The Bertz CT molecular complexity index is 279. The minimum Gasteiger partial charge on any atom is -0.379 e. The van der Waals surface area contributed by atoms with Gasteiger partial charge in [0.25, 0.3) is 0 Å². The molecule has 1 aliphatic rings. The Kier molecular flexibility index (Phi) is 3.18. The molecule has 0 saturated carbocycles. The summed E-state index contributed by atoms with van der Waals surface area (Å²) in [6, 6.07) is 2.13. The summed E-state index contributed by atoms with van der Waals surface area (Å²) >= 11 is 0. The number of hydrogen-bond acceptors (Lipinski definition) is 3. The van der Waals surface area contributed by atoms with E-state index in [4.69, 9.17) is 10.5 Å². The zero-order valence-corrected chi connectivity index (χ0v) is 8.33. The Morgan fingerprint density at radius 1 is 1.43 bits per heavy atom. The second-order valence-electron chi connectivity index (χ2n) is 3.63. The van der Waals surface area contributed by atoms with Gasteiger partial charge < -0.3 is 15.5 Å². The Labute approximate surface area is 84.0 Å². The quantitative estimate of drug-likeness (QED) is 0.729. The van der Waals surface area contributed by atoms with E-state index < -0.39 is 0 Å². The molecule has 0 bridgehead atoms. The van der Waals surface area contributed by atoms with Crippen LogP contribution in [0.2, 0.25) is 0 Å². The van der Waals surface area contributed by atoms with Gasteiger partial charge in [-0.3, -0.25) is 4.90 Å². The summed E-state index contributed by atoms with van der Waals surface area (Å²) < 4.78 is 5.29. The van der Waals surface area contributed by atoms with Crippen molar-refractivity contribution < 1.29 is 4.74 Å². The number of nitrogens with zero attached hydrogens (tertiary/aromatic N) is 1. The van der Waals surface area contributed by atoms with Crippen LogP contribution in [0, 0.1) is 0 Å². The van der Waals surface area contributed by atoms with Crippen molar-refractivity contribution in [1.82, 2.24) is 9.88 Å². The Morgan fingerprint density at radius 2 is 2.21 bits per heavy atom. The summed E-state index contributed by atoms with van der Waals surface area (Å²) in [4.78, 5) is 5.56. The summed E-state index contributed by atoms with van der Waals surface area (Å²) in [5.41, 5.74) is 7.95. The van der Waals surface area contributed by atoms with Crippen molar-refractivity contribution in [2.75, 3.05) is 26.3 Å². The van der Waals surface area contributed by atoms with Crippen molar-refractivity contribution in [3.05, 3.63) is 23.5 Å². The molecule has 2 rings (SSSR count). The van der Waals surface area contributed by atoms with Gasteiger partial charge in [0.2, 0.25) is 0 Å². The maximum absolute atomic E-state index is 5.53. The van der Waals surface area contributed by atoms with Gasteiger partial charge in [0.15, 0.2) is 0 Å². The monoisotopic (exact) mass is 195 g/mol. The molecular formula is C10H17N3O. The Hall–Kier alpha value is -0.840. The molecule has 0 radical (unpaired) electrons. The fourth-order valence-electron chi connectivity index (χ4n) is 1.72. The van der Waals surface area contributed by atoms with Crippen molar-refractivity contribution in [3.63, 3.8) is 0 Å². The van der Waals surface area contributed by atoms with Crippen LogP contribution in [0.1, 0.15) is 11.3 Å². The van der Waals surface area contributed by atoms with Crippen LogP contribution in [0.4, 0.5) is 0 Å². The molecule has 4 nitrogen and oxygen atoms in total. The minimum atomic E-state index is 0.586. The van der Waals surface area contributed by atoms with Crippen molar-refractivity contribution in [2.24, 2.45) is 5.73 Å². The molecule has 2 heterocycles. The number of aromatic amines is 1. The second-order valence-corrected chi connectivity index (χ2v) is 3.63. The van der Waals surface area contributed by atoms with Gasteiger partial charge in [-0.1, -0.05) is 0 Å². The summed E-state index contributed by atoms with van der Waals surface area (Å²) in [6.45, 7) is 5.36. The van der Waals surface area contributed by atoms with Gasteiger partial charge in [-0.2, -0.15) is 0 Å². The van der Waals surface area contributed by atoms with E-state index in [2.05, 4.69) is 16.0 Å².